The quantitative estimate of drug-likeness (QED) is 0.768. The van der Waals surface area contributed by atoms with Crippen molar-refractivity contribution in [2.24, 2.45) is 0 Å². The van der Waals surface area contributed by atoms with Crippen molar-refractivity contribution in [1.82, 2.24) is 15.1 Å². The van der Waals surface area contributed by atoms with E-state index in [1.807, 2.05) is 16.8 Å². The van der Waals surface area contributed by atoms with Crippen LogP contribution in [0.2, 0.25) is 0 Å². The minimum atomic E-state index is 0.216. The summed E-state index contributed by atoms with van der Waals surface area (Å²) in [5.41, 5.74) is 0. The molecule has 0 aromatic heterocycles. The van der Waals surface area contributed by atoms with Gasteiger partial charge in [-0.05, 0) is 38.6 Å². The first-order valence-corrected chi connectivity index (χ1v) is 6.51. The Bertz CT molecular complexity index is 232. The fourth-order valence-electron chi connectivity index (χ4n) is 2.65. The van der Waals surface area contributed by atoms with Crippen LogP contribution in [0, 0.1) is 0 Å². The number of piperidine rings is 1. The predicted molar refractivity (Wildman–Crippen MR) is 64.5 cm³/mol. The van der Waals surface area contributed by atoms with Crippen molar-refractivity contribution in [3.63, 3.8) is 0 Å². The summed E-state index contributed by atoms with van der Waals surface area (Å²) in [6.07, 6.45) is 6.06. The first-order chi connectivity index (χ1) is 7.77. The lowest BCUT2D eigenvalue weighted by atomic mass is 10.1. The van der Waals surface area contributed by atoms with Gasteiger partial charge in [-0.2, -0.15) is 0 Å². The maximum Gasteiger partial charge on any atom is 0.319 e. The predicted octanol–water partition coefficient (Wildman–Crippen LogP) is 1.28. The number of likely N-dealkylation sites (N-methyl/N-ethyl adjacent to an activating group) is 1. The van der Waals surface area contributed by atoms with E-state index in [9.17, 15) is 4.79 Å². The Morgan fingerprint density at radius 1 is 1.31 bits per heavy atom. The summed E-state index contributed by atoms with van der Waals surface area (Å²) in [5.74, 6) is 0. The summed E-state index contributed by atoms with van der Waals surface area (Å²) in [6.45, 7) is 3.86. The molecule has 2 heterocycles. The van der Waals surface area contributed by atoms with E-state index in [4.69, 9.17) is 0 Å². The molecule has 2 saturated heterocycles. The smallest absolute Gasteiger partial charge is 0.319 e. The zero-order valence-corrected chi connectivity index (χ0v) is 10.2. The Kier molecular flexibility index (Phi) is 4.04. The van der Waals surface area contributed by atoms with Crippen LogP contribution in [0.15, 0.2) is 0 Å². The molecule has 4 nitrogen and oxygen atoms in total. The molecule has 0 aromatic rings. The van der Waals surface area contributed by atoms with Gasteiger partial charge in [0.05, 0.1) is 0 Å². The van der Waals surface area contributed by atoms with E-state index in [0.29, 0.717) is 6.04 Å². The second kappa shape index (κ2) is 5.53. The fourth-order valence-corrected chi connectivity index (χ4v) is 2.65. The Hall–Kier alpha value is -0.770. The molecule has 1 atom stereocenters. The third-order valence-corrected chi connectivity index (χ3v) is 3.61. The molecule has 2 aliphatic rings. The van der Waals surface area contributed by atoms with E-state index in [2.05, 4.69) is 5.32 Å². The van der Waals surface area contributed by atoms with Crippen LogP contribution >= 0.6 is 0 Å². The van der Waals surface area contributed by atoms with Crippen LogP contribution in [-0.2, 0) is 0 Å². The van der Waals surface area contributed by atoms with Gasteiger partial charge in [-0.3, -0.25) is 0 Å². The molecule has 0 radical (unpaired) electrons. The Morgan fingerprint density at radius 3 is 2.69 bits per heavy atom. The summed E-state index contributed by atoms with van der Waals surface area (Å²) in [7, 11) is 1.93. The van der Waals surface area contributed by atoms with Crippen molar-refractivity contribution in [2.75, 3.05) is 33.2 Å². The summed E-state index contributed by atoms with van der Waals surface area (Å²) >= 11 is 0. The maximum atomic E-state index is 12.1. The van der Waals surface area contributed by atoms with Gasteiger partial charge in [-0.25, -0.2) is 4.79 Å². The van der Waals surface area contributed by atoms with Crippen LogP contribution in [0.25, 0.3) is 0 Å². The van der Waals surface area contributed by atoms with Gasteiger partial charge in [0.1, 0.15) is 0 Å². The summed E-state index contributed by atoms with van der Waals surface area (Å²) in [5, 5.41) is 3.43. The molecule has 16 heavy (non-hydrogen) atoms. The summed E-state index contributed by atoms with van der Waals surface area (Å²) in [6, 6.07) is 0.729. The molecule has 0 aromatic carbocycles. The fraction of sp³-hybridized carbons (Fsp3) is 0.917. The lowest BCUT2D eigenvalue weighted by Crippen LogP contribution is -2.47. The monoisotopic (exact) mass is 225 g/mol. The molecule has 2 rings (SSSR count). The van der Waals surface area contributed by atoms with E-state index in [-0.39, 0.29) is 6.03 Å². The number of carbonyl (C=O) groups excluding carboxylic acids is 1. The maximum absolute atomic E-state index is 12.1. The molecule has 1 unspecified atom stereocenters. The first kappa shape index (κ1) is 11.7. The lowest BCUT2D eigenvalue weighted by Gasteiger charge is -2.32. The van der Waals surface area contributed by atoms with Crippen molar-refractivity contribution in [2.45, 2.75) is 38.1 Å². The Morgan fingerprint density at radius 2 is 2.06 bits per heavy atom. The summed E-state index contributed by atoms with van der Waals surface area (Å²) in [4.78, 5) is 16.0. The minimum Gasteiger partial charge on any atom is -0.326 e. The van der Waals surface area contributed by atoms with Crippen LogP contribution < -0.4 is 5.32 Å². The van der Waals surface area contributed by atoms with Gasteiger partial charge in [0.25, 0.3) is 0 Å². The molecule has 4 heteroatoms. The van der Waals surface area contributed by atoms with Gasteiger partial charge in [-0.1, -0.05) is 0 Å². The Balaban J connectivity index is 1.78. The van der Waals surface area contributed by atoms with E-state index in [1.165, 1.54) is 32.1 Å². The van der Waals surface area contributed by atoms with E-state index in [1.54, 1.807) is 0 Å². The number of hydrogen-bond donors (Lipinski definition) is 1. The second-order valence-electron chi connectivity index (χ2n) is 5.00. The van der Waals surface area contributed by atoms with E-state index < -0.39 is 0 Å². The van der Waals surface area contributed by atoms with Crippen LogP contribution in [-0.4, -0.2) is 55.1 Å². The van der Waals surface area contributed by atoms with Crippen molar-refractivity contribution >= 4 is 6.03 Å². The zero-order valence-electron chi connectivity index (χ0n) is 10.2. The molecule has 0 spiro atoms. The van der Waals surface area contributed by atoms with Gasteiger partial charge in [0.2, 0.25) is 0 Å². The number of hydrogen-bond acceptors (Lipinski definition) is 2. The number of likely N-dealkylation sites (tertiary alicyclic amines) is 1. The van der Waals surface area contributed by atoms with Crippen molar-refractivity contribution in [3.05, 3.63) is 0 Å². The van der Waals surface area contributed by atoms with Gasteiger partial charge < -0.3 is 15.1 Å². The molecule has 0 aliphatic carbocycles. The number of carbonyl (C=O) groups is 1. The molecule has 0 saturated carbocycles. The average molecular weight is 225 g/mol. The number of urea groups is 1. The van der Waals surface area contributed by atoms with Crippen LogP contribution in [0.3, 0.4) is 0 Å². The van der Waals surface area contributed by atoms with Gasteiger partial charge in [0.15, 0.2) is 0 Å². The second-order valence-corrected chi connectivity index (χ2v) is 5.00. The van der Waals surface area contributed by atoms with Gasteiger partial charge in [-0.15, -0.1) is 0 Å². The largest absolute Gasteiger partial charge is 0.326 e. The molecular weight excluding hydrogens is 202 g/mol. The van der Waals surface area contributed by atoms with Crippen molar-refractivity contribution in [1.29, 1.82) is 0 Å². The number of nitrogens with zero attached hydrogens (tertiary/aromatic N) is 2. The zero-order chi connectivity index (χ0) is 11.4. The SMILES string of the molecule is CN(CC1CCCN1)C(=O)N1CCCCC1. The van der Waals surface area contributed by atoms with Gasteiger partial charge in [0, 0.05) is 32.7 Å². The van der Waals surface area contributed by atoms with E-state index in [0.717, 1.165) is 26.2 Å². The number of rotatable bonds is 2. The topological polar surface area (TPSA) is 35.6 Å². The van der Waals surface area contributed by atoms with Crippen molar-refractivity contribution < 1.29 is 4.79 Å². The normalized spacial score (nSPS) is 25.8. The van der Waals surface area contributed by atoms with Crippen LogP contribution in [0.1, 0.15) is 32.1 Å². The Labute approximate surface area is 98.0 Å². The van der Waals surface area contributed by atoms with Crippen molar-refractivity contribution in [3.8, 4) is 0 Å². The highest BCUT2D eigenvalue weighted by atomic mass is 16.2. The molecule has 2 fully saturated rings. The molecule has 2 amide bonds. The van der Waals surface area contributed by atoms with Gasteiger partial charge >= 0.3 is 6.03 Å². The van der Waals surface area contributed by atoms with Crippen LogP contribution in [0.4, 0.5) is 4.79 Å². The molecular formula is C12H23N3O. The lowest BCUT2D eigenvalue weighted by molar-refractivity contribution is 0.149. The molecule has 92 valence electrons. The highest BCUT2D eigenvalue weighted by molar-refractivity contribution is 5.74. The molecule has 0 bridgehead atoms. The highest BCUT2D eigenvalue weighted by Crippen LogP contribution is 2.12. The molecule has 1 N–H and O–H groups in total. The molecule has 2 aliphatic heterocycles. The standard InChI is InChI=1S/C12H23N3O/c1-14(10-11-6-5-7-13-11)12(16)15-8-3-2-4-9-15/h11,13H,2-10H2,1H3. The van der Waals surface area contributed by atoms with E-state index >= 15 is 0 Å². The first-order valence-electron chi connectivity index (χ1n) is 6.51. The average Bonchev–Trinajstić information content (AvgIpc) is 2.82. The number of nitrogens with one attached hydrogen (secondary N) is 1. The van der Waals surface area contributed by atoms with Crippen LogP contribution in [0.5, 0.6) is 0 Å². The third kappa shape index (κ3) is 2.88. The highest BCUT2D eigenvalue weighted by Gasteiger charge is 2.23. The number of amides is 2. The third-order valence-electron chi connectivity index (χ3n) is 3.61. The minimum absolute atomic E-state index is 0.216. The summed E-state index contributed by atoms with van der Waals surface area (Å²) < 4.78 is 0.